The van der Waals surface area contributed by atoms with E-state index in [4.69, 9.17) is 4.74 Å². The number of unbranched alkanes of at least 4 members (excludes halogenated alkanes) is 3. The van der Waals surface area contributed by atoms with E-state index >= 15 is 4.39 Å². The molecule has 2 aliphatic rings. The van der Waals surface area contributed by atoms with Crippen molar-refractivity contribution in [3.05, 3.63) is 77.6 Å². The van der Waals surface area contributed by atoms with Crippen molar-refractivity contribution in [2.45, 2.75) is 110 Å². The van der Waals surface area contributed by atoms with E-state index in [-0.39, 0.29) is 17.1 Å². The average Bonchev–Trinajstić information content (AvgIpc) is 3.04. The Morgan fingerprint density at radius 1 is 0.628 bits per heavy atom. The van der Waals surface area contributed by atoms with Gasteiger partial charge in [-0.05, 0) is 109 Å². The second kappa shape index (κ2) is 15.3. The van der Waals surface area contributed by atoms with Crippen molar-refractivity contribution in [1.29, 1.82) is 0 Å². The monoisotopic (exact) mass is 590 g/mol. The molecule has 3 aromatic rings. The van der Waals surface area contributed by atoms with Gasteiger partial charge in [-0.15, -0.1) is 0 Å². The summed E-state index contributed by atoms with van der Waals surface area (Å²) in [4.78, 5) is 0. The molecule has 0 atom stereocenters. The normalized spacial score (nSPS) is 22.4. The lowest BCUT2D eigenvalue weighted by atomic mass is 9.68. The highest BCUT2D eigenvalue weighted by Crippen LogP contribution is 2.45. The maximum absolute atomic E-state index is 15.4. The summed E-state index contributed by atoms with van der Waals surface area (Å²) in [6.07, 6.45) is 16.9. The lowest BCUT2D eigenvalue weighted by Gasteiger charge is -2.38. The maximum atomic E-state index is 15.4. The first-order valence-electron chi connectivity index (χ1n) is 17.0. The predicted molar refractivity (Wildman–Crippen MR) is 172 cm³/mol. The smallest absolute Gasteiger partial charge is 0.201 e. The standard InChI is InChI=1S/C39H49F3O/c1-3-5-6-7-25-43-37-24-23-35(38(41)39(37)42)32-19-15-30(16-20-32)33-21-22-34(36(40)26-33)31-17-13-29(14-18-31)28-11-9-27(8-4-2)10-12-28/h15-16,19-24,26-29,31H,3-14,17-18,25H2,1-2H3. The van der Waals surface area contributed by atoms with Crippen LogP contribution in [0.2, 0.25) is 0 Å². The van der Waals surface area contributed by atoms with Crippen molar-refractivity contribution in [3.8, 4) is 28.0 Å². The molecule has 232 valence electrons. The van der Waals surface area contributed by atoms with Crippen molar-refractivity contribution in [1.82, 2.24) is 0 Å². The Balaban J connectivity index is 1.18. The number of hydrogen-bond acceptors (Lipinski definition) is 1. The highest BCUT2D eigenvalue weighted by molar-refractivity contribution is 5.71. The summed E-state index contributed by atoms with van der Waals surface area (Å²) in [6.45, 7) is 4.80. The predicted octanol–water partition coefficient (Wildman–Crippen LogP) is 12.3. The van der Waals surface area contributed by atoms with Crippen LogP contribution in [0.4, 0.5) is 13.2 Å². The highest BCUT2D eigenvalue weighted by atomic mass is 19.2. The molecule has 1 nitrogen and oxygen atoms in total. The molecule has 3 aromatic carbocycles. The van der Waals surface area contributed by atoms with E-state index < -0.39 is 11.6 Å². The molecule has 0 unspecified atom stereocenters. The summed E-state index contributed by atoms with van der Waals surface area (Å²) in [5.41, 5.74) is 3.25. The molecule has 0 saturated heterocycles. The summed E-state index contributed by atoms with van der Waals surface area (Å²) >= 11 is 0. The van der Waals surface area contributed by atoms with Crippen molar-refractivity contribution in [2.75, 3.05) is 6.61 Å². The molecule has 0 N–H and O–H groups in total. The molecule has 2 fully saturated rings. The van der Waals surface area contributed by atoms with Gasteiger partial charge in [0, 0.05) is 5.56 Å². The number of hydrogen-bond donors (Lipinski definition) is 0. The van der Waals surface area contributed by atoms with Crippen molar-refractivity contribution in [3.63, 3.8) is 0 Å². The largest absolute Gasteiger partial charge is 0.490 e. The van der Waals surface area contributed by atoms with Gasteiger partial charge in [-0.2, -0.15) is 4.39 Å². The Morgan fingerprint density at radius 3 is 1.93 bits per heavy atom. The van der Waals surface area contributed by atoms with E-state index in [2.05, 4.69) is 13.8 Å². The quantitative estimate of drug-likeness (QED) is 0.191. The fraction of sp³-hybridized carbons (Fsp3) is 0.538. The molecule has 2 aliphatic carbocycles. The molecule has 0 spiro atoms. The van der Waals surface area contributed by atoms with Gasteiger partial charge in [0.25, 0.3) is 0 Å². The second-order valence-corrected chi connectivity index (χ2v) is 13.1. The topological polar surface area (TPSA) is 9.23 Å². The summed E-state index contributed by atoms with van der Waals surface area (Å²) in [5.74, 6) is 0.887. The fourth-order valence-electron chi connectivity index (χ4n) is 7.72. The van der Waals surface area contributed by atoms with Gasteiger partial charge in [0.1, 0.15) is 5.82 Å². The van der Waals surface area contributed by atoms with Crippen molar-refractivity contribution >= 4 is 0 Å². The third-order valence-corrected chi connectivity index (χ3v) is 10.3. The van der Waals surface area contributed by atoms with Gasteiger partial charge in [0.2, 0.25) is 5.82 Å². The first-order valence-corrected chi connectivity index (χ1v) is 17.0. The lowest BCUT2D eigenvalue weighted by Crippen LogP contribution is -2.25. The summed E-state index contributed by atoms with van der Waals surface area (Å²) in [6, 6.07) is 15.9. The summed E-state index contributed by atoms with van der Waals surface area (Å²) in [5, 5.41) is 0. The first-order chi connectivity index (χ1) is 21.0. The number of halogens is 3. The van der Waals surface area contributed by atoms with E-state index in [1.165, 1.54) is 57.4 Å². The van der Waals surface area contributed by atoms with Crippen LogP contribution in [0.5, 0.6) is 5.75 Å². The Labute approximate surface area is 257 Å². The average molecular weight is 591 g/mol. The van der Waals surface area contributed by atoms with Crippen LogP contribution >= 0.6 is 0 Å². The van der Waals surface area contributed by atoms with E-state index in [0.29, 0.717) is 18.1 Å². The van der Waals surface area contributed by atoms with Crippen LogP contribution in [0.15, 0.2) is 54.6 Å². The molecule has 0 amide bonds. The van der Waals surface area contributed by atoms with Gasteiger partial charge in [0.05, 0.1) is 6.61 Å². The number of ether oxygens (including phenoxy) is 1. The maximum Gasteiger partial charge on any atom is 0.201 e. The molecule has 43 heavy (non-hydrogen) atoms. The van der Waals surface area contributed by atoms with Gasteiger partial charge in [-0.3, -0.25) is 0 Å². The third kappa shape index (κ3) is 7.86. The molecule has 0 bridgehead atoms. The molecule has 2 saturated carbocycles. The van der Waals surface area contributed by atoms with E-state index in [1.807, 2.05) is 24.3 Å². The zero-order chi connectivity index (χ0) is 30.2. The Bertz CT molecular complexity index is 1300. The molecule has 0 aromatic heterocycles. The van der Waals surface area contributed by atoms with E-state index in [9.17, 15) is 8.78 Å². The van der Waals surface area contributed by atoms with Crippen LogP contribution < -0.4 is 4.74 Å². The highest BCUT2D eigenvalue weighted by Gasteiger charge is 2.32. The van der Waals surface area contributed by atoms with Crippen LogP contribution in [0.1, 0.15) is 115 Å². The Kier molecular flexibility index (Phi) is 11.3. The van der Waals surface area contributed by atoms with Crippen LogP contribution in [-0.2, 0) is 0 Å². The fourth-order valence-corrected chi connectivity index (χ4v) is 7.72. The molecule has 4 heteroatoms. The molecular formula is C39H49F3O. The van der Waals surface area contributed by atoms with Crippen LogP contribution in [-0.4, -0.2) is 6.61 Å². The first kappa shape index (κ1) is 31.7. The number of benzene rings is 3. The molecule has 0 radical (unpaired) electrons. The van der Waals surface area contributed by atoms with Crippen LogP contribution in [0.25, 0.3) is 22.3 Å². The summed E-state index contributed by atoms with van der Waals surface area (Å²) < 4.78 is 50.6. The Hall–Kier alpha value is -2.75. The molecule has 0 heterocycles. The van der Waals surface area contributed by atoms with Gasteiger partial charge in [0.15, 0.2) is 11.6 Å². The zero-order valence-electron chi connectivity index (χ0n) is 26.2. The van der Waals surface area contributed by atoms with E-state index in [0.717, 1.165) is 73.0 Å². The van der Waals surface area contributed by atoms with Crippen LogP contribution in [0, 0.1) is 35.2 Å². The molecule has 0 aliphatic heterocycles. The van der Waals surface area contributed by atoms with Crippen LogP contribution in [0.3, 0.4) is 0 Å². The Morgan fingerprint density at radius 2 is 1.28 bits per heavy atom. The van der Waals surface area contributed by atoms with Gasteiger partial charge >= 0.3 is 0 Å². The zero-order valence-corrected chi connectivity index (χ0v) is 26.2. The second-order valence-electron chi connectivity index (χ2n) is 13.1. The third-order valence-electron chi connectivity index (χ3n) is 10.3. The van der Waals surface area contributed by atoms with Crippen molar-refractivity contribution < 1.29 is 17.9 Å². The van der Waals surface area contributed by atoms with Crippen molar-refractivity contribution in [2.24, 2.45) is 17.8 Å². The minimum Gasteiger partial charge on any atom is -0.490 e. The number of rotatable bonds is 12. The minimum absolute atomic E-state index is 0.0482. The minimum atomic E-state index is -0.955. The molecular weight excluding hydrogens is 541 g/mol. The van der Waals surface area contributed by atoms with E-state index in [1.54, 1.807) is 24.3 Å². The summed E-state index contributed by atoms with van der Waals surface area (Å²) in [7, 11) is 0. The van der Waals surface area contributed by atoms with Gasteiger partial charge in [-0.1, -0.05) is 95.2 Å². The van der Waals surface area contributed by atoms with Gasteiger partial charge in [-0.25, -0.2) is 8.78 Å². The SMILES string of the molecule is CCCCCCOc1ccc(-c2ccc(-c3ccc(C4CCC(C5CCC(CCC)CC5)CC4)c(F)c3)cc2)c(F)c1F. The molecule has 5 rings (SSSR count). The van der Waals surface area contributed by atoms with Gasteiger partial charge < -0.3 is 4.74 Å². The lowest BCUT2D eigenvalue weighted by molar-refractivity contribution is 0.156.